The van der Waals surface area contributed by atoms with Crippen molar-refractivity contribution in [3.05, 3.63) is 36.2 Å². The van der Waals surface area contributed by atoms with Crippen LogP contribution in [0.2, 0.25) is 0 Å². The minimum Gasteiger partial charge on any atom is -0.493 e. The Morgan fingerprint density at radius 2 is 2.08 bits per heavy atom. The van der Waals surface area contributed by atoms with Gasteiger partial charge < -0.3 is 19.8 Å². The first-order chi connectivity index (χ1) is 12.1. The lowest BCUT2D eigenvalue weighted by molar-refractivity contribution is 0.301. The summed E-state index contributed by atoms with van der Waals surface area (Å²) in [5, 5.41) is 1.08. The molecule has 1 aromatic carbocycles. The highest BCUT2D eigenvalue weighted by Gasteiger charge is 2.24. The van der Waals surface area contributed by atoms with Gasteiger partial charge in [0.05, 0.1) is 13.7 Å². The molecule has 0 aliphatic heterocycles. The predicted molar refractivity (Wildman–Crippen MR) is 100 cm³/mol. The maximum Gasteiger partial charge on any atom is 0.238 e. The number of nitrogen functional groups attached to an aromatic ring is 1. The van der Waals surface area contributed by atoms with Crippen LogP contribution in [0.4, 0.5) is 5.69 Å². The van der Waals surface area contributed by atoms with E-state index in [-0.39, 0.29) is 0 Å². The molecule has 0 saturated heterocycles. The molecule has 5 heteroatoms. The predicted octanol–water partition coefficient (Wildman–Crippen LogP) is 3.93. The molecule has 0 spiro atoms. The zero-order valence-corrected chi connectivity index (χ0v) is 14.9. The van der Waals surface area contributed by atoms with Gasteiger partial charge in [-0.3, -0.25) is 0 Å². The summed E-state index contributed by atoms with van der Waals surface area (Å²) < 4.78 is 13.6. The third-order valence-corrected chi connectivity index (χ3v) is 4.96. The summed E-state index contributed by atoms with van der Waals surface area (Å²) in [6, 6.07) is 5.92. The van der Waals surface area contributed by atoms with Crippen LogP contribution in [0.25, 0.3) is 22.0 Å². The van der Waals surface area contributed by atoms with Gasteiger partial charge in [0.1, 0.15) is 11.3 Å². The normalized spacial score (nSPS) is 14.0. The van der Waals surface area contributed by atoms with Crippen molar-refractivity contribution in [3.63, 3.8) is 0 Å². The van der Waals surface area contributed by atoms with Gasteiger partial charge in [-0.05, 0) is 49.4 Å². The average molecular weight is 337 g/mol. The highest BCUT2D eigenvalue weighted by Crippen LogP contribution is 2.42. The molecule has 2 N–H and O–H groups in total. The number of benzene rings is 1. The molecule has 3 aromatic rings. The maximum atomic E-state index is 6.20. The second-order valence-corrected chi connectivity index (χ2v) is 6.78. The molecule has 0 radical (unpaired) electrons. The van der Waals surface area contributed by atoms with Crippen molar-refractivity contribution in [2.75, 3.05) is 19.5 Å². The third-order valence-electron chi connectivity index (χ3n) is 4.96. The Hall–Kier alpha value is -2.69. The Balaban J connectivity index is 1.91. The first-order valence-corrected chi connectivity index (χ1v) is 8.60. The number of pyridine rings is 1. The zero-order valence-electron chi connectivity index (χ0n) is 14.9. The Morgan fingerprint density at radius 1 is 1.28 bits per heavy atom. The lowest BCUT2D eigenvalue weighted by atomic mass is 9.98. The molecule has 0 bridgehead atoms. The highest BCUT2D eigenvalue weighted by atomic mass is 16.5. The summed E-state index contributed by atoms with van der Waals surface area (Å²) in [6.07, 6.45) is 6.40. The number of aromatic nitrogens is 2. The second kappa shape index (κ2) is 5.99. The van der Waals surface area contributed by atoms with Gasteiger partial charge in [0, 0.05) is 41.6 Å². The fourth-order valence-electron chi connectivity index (χ4n) is 3.32. The molecule has 0 unspecified atom stereocenters. The smallest absolute Gasteiger partial charge is 0.238 e. The number of aryl methyl sites for hydroxylation is 1. The van der Waals surface area contributed by atoms with Crippen LogP contribution in [0.1, 0.15) is 18.4 Å². The molecule has 1 aliphatic rings. The summed E-state index contributed by atoms with van der Waals surface area (Å²) in [6.45, 7) is 2.82. The van der Waals surface area contributed by atoms with Gasteiger partial charge in [0.2, 0.25) is 5.88 Å². The number of rotatable bonds is 5. The number of hydrogen-bond donors (Lipinski definition) is 1. The van der Waals surface area contributed by atoms with Crippen molar-refractivity contribution in [1.29, 1.82) is 0 Å². The standard InChI is InChI=1S/C20H23N3O2/c1-12-16(21)6-7-17(25-11-13-4-5-13)18(12)15-10-23(2)19-14(15)8-9-22-20(19)24-3/h6-10,13H,4-5,11,21H2,1-3H3. The number of ether oxygens (including phenoxy) is 2. The molecule has 4 rings (SSSR count). The van der Waals surface area contributed by atoms with Crippen LogP contribution < -0.4 is 15.2 Å². The van der Waals surface area contributed by atoms with Crippen LogP contribution in [0.3, 0.4) is 0 Å². The molecule has 130 valence electrons. The number of nitrogens with two attached hydrogens (primary N) is 1. The van der Waals surface area contributed by atoms with Crippen LogP contribution in [0, 0.1) is 12.8 Å². The van der Waals surface area contributed by atoms with E-state index in [1.807, 2.05) is 36.7 Å². The van der Waals surface area contributed by atoms with Crippen molar-refractivity contribution < 1.29 is 9.47 Å². The lowest BCUT2D eigenvalue weighted by Gasteiger charge is -2.15. The minimum atomic E-state index is 0.619. The van der Waals surface area contributed by atoms with Gasteiger partial charge in [-0.1, -0.05) is 0 Å². The zero-order chi connectivity index (χ0) is 17.6. The van der Waals surface area contributed by atoms with E-state index in [0.717, 1.165) is 45.6 Å². The molecule has 1 fully saturated rings. The van der Waals surface area contributed by atoms with E-state index in [2.05, 4.69) is 11.2 Å². The Kier molecular flexibility index (Phi) is 3.79. The number of anilines is 1. The number of hydrogen-bond acceptors (Lipinski definition) is 4. The van der Waals surface area contributed by atoms with Crippen LogP contribution >= 0.6 is 0 Å². The molecule has 25 heavy (non-hydrogen) atoms. The molecule has 5 nitrogen and oxygen atoms in total. The molecular formula is C20H23N3O2. The monoisotopic (exact) mass is 337 g/mol. The van der Waals surface area contributed by atoms with E-state index < -0.39 is 0 Å². The van der Waals surface area contributed by atoms with Gasteiger partial charge in [-0.25, -0.2) is 4.98 Å². The van der Waals surface area contributed by atoms with E-state index in [1.54, 1.807) is 13.3 Å². The number of fused-ring (bicyclic) bond motifs is 1. The maximum absolute atomic E-state index is 6.20. The van der Waals surface area contributed by atoms with Gasteiger partial charge >= 0.3 is 0 Å². The molecular weight excluding hydrogens is 314 g/mol. The Morgan fingerprint density at radius 3 is 2.80 bits per heavy atom. The SMILES string of the molecule is COc1nccc2c(-c3c(OCC4CC4)ccc(N)c3C)cn(C)c12. The van der Waals surface area contributed by atoms with Crippen molar-refractivity contribution >= 4 is 16.6 Å². The van der Waals surface area contributed by atoms with E-state index in [9.17, 15) is 0 Å². The van der Waals surface area contributed by atoms with Gasteiger partial charge in [0.25, 0.3) is 0 Å². The summed E-state index contributed by atoms with van der Waals surface area (Å²) in [5.41, 5.74) is 11.1. The number of methoxy groups -OCH3 is 1. The topological polar surface area (TPSA) is 62.3 Å². The Bertz CT molecular complexity index is 942. The Labute approximate surface area is 147 Å². The molecule has 2 aromatic heterocycles. The molecule has 2 heterocycles. The third kappa shape index (κ3) is 2.69. The first kappa shape index (κ1) is 15.8. The van der Waals surface area contributed by atoms with E-state index in [4.69, 9.17) is 15.2 Å². The van der Waals surface area contributed by atoms with Gasteiger partial charge in [-0.2, -0.15) is 0 Å². The summed E-state index contributed by atoms with van der Waals surface area (Å²) >= 11 is 0. The van der Waals surface area contributed by atoms with Gasteiger partial charge in [0.15, 0.2) is 0 Å². The molecule has 1 aliphatic carbocycles. The molecule has 0 atom stereocenters. The lowest BCUT2D eigenvalue weighted by Crippen LogP contribution is -2.02. The number of nitrogens with zero attached hydrogens (tertiary/aromatic N) is 2. The fraction of sp³-hybridized carbons (Fsp3) is 0.350. The molecule has 1 saturated carbocycles. The van der Waals surface area contributed by atoms with Crippen LogP contribution in [-0.2, 0) is 7.05 Å². The van der Waals surface area contributed by atoms with E-state index in [1.165, 1.54) is 12.8 Å². The second-order valence-electron chi connectivity index (χ2n) is 6.78. The van der Waals surface area contributed by atoms with Crippen LogP contribution in [0.15, 0.2) is 30.6 Å². The quantitative estimate of drug-likeness (QED) is 0.717. The van der Waals surface area contributed by atoms with Crippen LogP contribution in [0.5, 0.6) is 11.6 Å². The summed E-state index contributed by atoms with van der Waals surface area (Å²) in [5.74, 6) is 2.21. The van der Waals surface area contributed by atoms with Crippen LogP contribution in [-0.4, -0.2) is 23.3 Å². The minimum absolute atomic E-state index is 0.619. The van der Waals surface area contributed by atoms with Crippen molar-refractivity contribution in [2.24, 2.45) is 13.0 Å². The van der Waals surface area contributed by atoms with Crippen molar-refractivity contribution in [1.82, 2.24) is 9.55 Å². The van der Waals surface area contributed by atoms with Crippen molar-refractivity contribution in [3.8, 4) is 22.8 Å². The van der Waals surface area contributed by atoms with E-state index in [0.29, 0.717) is 11.8 Å². The summed E-state index contributed by atoms with van der Waals surface area (Å²) in [7, 11) is 3.65. The van der Waals surface area contributed by atoms with Gasteiger partial charge in [-0.15, -0.1) is 0 Å². The van der Waals surface area contributed by atoms with E-state index >= 15 is 0 Å². The molecule has 0 amide bonds. The average Bonchev–Trinajstić information content (AvgIpc) is 3.39. The largest absolute Gasteiger partial charge is 0.493 e. The highest BCUT2D eigenvalue weighted by molar-refractivity contribution is 6.01. The fourth-order valence-corrected chi connectivity index (χ4v) is 3.32. The van der Waals surface area contributed by atoms with Crippen molar-refractivity contribution in [2.45, 2.75) is 19.8 Å². The summed E-state index contributed by atoms with van der Waals surface area (Å²) in [4.78, 5) is 4.32. The first-order valence-electron chi connectivity index (χ1n) is 8.60.